The largest absolute Gasteiger partial charge is 0.385 e. The first-order valence-electron chi connectivity index (χ1n) is 7.02. The number of methoxy groups -OCH3 is 1. The molecule has 21 heavy (non-hydrogen) atoms. The SMILES string of the molecule is COCCCC(=O)c1cccc(-c2cc(CN)ccn2)c1. The number of benzene rings is 1. The number of ketones is 1. The highest BCUT2D eigenvalue weighted by Crippen LogP contribution is 2.20. The maximum Gasteiger partial charge on any atom is 0.162 e. The van der Waals surface area contributed by atoms with Crippen molar-refractivity contribution in [3.05, 3.63) is 53.7 Å². The van der Waals surface area contributed by atoms with Crippen molar-refractivity contribution < 1.29 is 9.53 Å². The van der Waals surface area contributed by atoms with E-state index < -0.39 is 0 Å². The zero-order valence-corrected chi connectivity index (χ0v) is 12.2. The summed E-state index contributed by atoms with van der Waals surface area (Å²) in [5.41, 5.74) is 9.16. The van der Waals surface area contributed by atoms with Crippen LogP contribution in [0.2, 0.25) is 0 Å². The van der Waals surface area contributed by atoms with E-state index in [2.05, 4.69) is 4.98 Å². The molecule has 1 heterocycles. The molecule has 1 aromatic carbocycles. The molecule has 0 spiro atoms. The van der Waals surface area contributed by atoms with Crippen LogP contribution in [0.5, 0.6) is 0 Å². The van der Waals surface area contributed by atoms with Gasteiger partial charge in [-0.2, -0.15) is 0 Å². The normalized spacial score (nSPS) is 10.6. The highest BCUT2D eigenvalue weighted by atomic mass is 16.5. The number of nitrogens with zero attached hydrogens (tertiary/aromatic N) is 1. The van der Waals surface area contributed by atoms with Crippen LogP contribution in [-0.4, -0.2) is 24.5 Å². The molecule has 0 aliphatic heterocycles. The van der Waals surface area contributed by atoms with E-state index >= 15 is 0 Å². The summed E-state index contributed by atoms with van der Waals surface area (Å²) in [6, 6.07) is 11.4. The van der Waals surface area contributed by atoms with E-state index in [1.54, 1.807) is 13.3 Å². The fourth-order valence-corrected chi connectivity index (χ4v) is 2.13. The van der Waals surface area contributed by atoms with E-state index in [0.717, 1.165) is 23.2 Å². The minimum Gasteiger partial charge on any atom is -0.385 e. The quantitative estimate of drug-likeness (QED) is 0.627. The second-order valence-corrected chi connectivity index (χ2v) is 4.85. The molecule has 0 amide bonds. The van der Waals surface area contributed by atoms with Crippen LogP contribution >= 0.6 is 0 Å². The number of rotatable bonds is 7. The first-order valence-corrected chi connectivity index (χ1v) is 7.02. The van der Waals surface area contributed by atoms with Crippen LogP contribution < -0.4 is 5.73 Å². The number of carbonyl (C=O) groups is 1. The first-order chi connectivity index (χ1) is 10.2. The van der Waals surface area contributed by atoms with E-state index in [9.17, 15) is 4.79 Å². The van der Waals surface area contributed by atoms with Crippen molar-refractivity contribution >= 4 is 5.78 Å². The topological polar surface area (TPSA) is 65.2 Å². The van der Waals surface area contributed by atoms with E-state index in [0.29, 0.717) is 25.1 Å². The molecule has 0 atom stereocenters. The Kier molecular flexibility index (Phi) is 5.60. The number of ether oxygens (including phenoxy) is 1. The summed E-state index contributed by atoms with van der Waals surface area (Å²) in [7, 11) is 1.64. The van der Waals surface area contributed by atoms with Crippen molar-refractivity contribution in [2.45, 2.75) is 19.4 Å². The van der Waals surface area contributed by atoms with Crippen LogP contribution in [0.15, 0.2) is 42.6 Å². The summed E-state index contributed by atoms with van der Waals surface area (Å²) in [6.45, 7) is 1.08. The molecule has 4 nitrogen and oxygen atoms in total. The van der Waals surface area contributed by atoms with Gasteiger partial charge >= 0.3 is 0 Å². The maximum absolute atomic E-state index is 12.1. The summed E-state index contributed by atoms with van der Waals surface area (Å²) in [4.78, 5) is 16.5. The molecule has 2 N–H and O–H groups in total. The highest BCUT2D eigenvalue weighted by Gasteiger charge is 2.08. The van der Waals surface area contributed by atoms with E-state index in [-0.39, 0.29) is 5.78 Å². The predicted octanol–water partition coefficient (Wildman–Crippen LogP) is 2.82. The van der Waals surface area contributed by atoms with Crippen LogP contribution in [0.25, 0.3) is 11.3 Å². The molecule has 0 aliphatic rings. The summed E-state index contributed by atoms with van der Waals surface area (Å²) in [5, 5.41) is 0. The average molecular weight is 284 g/mol. The van der Waals surface area contributed by atoms with E-state index in [4.69, 9.17) is 10.5 Å². The smallest absolute Gasteiger partial charge is 0.162 e. The number of aromatic nitrogens is 1. The van der Waals surface area contributed by atoms with Crippen molar-refractivity contribution in [3.63, 3.8) is 0 Å². The minimum absolute atomic E-state index is 0.129. The lowest BCUT2D eigenvalue weighted by Crippen LogP contribution is -2.02. The van der Waals surface area contributed by atoms with Gasteiger partial charge in [-0.15, -0.1) is 0 Å². The monoisotopic (exact) mass is 284 g/mol. The van der Waals surface area contributed by atoms with E-state index in [1.165, 1.54) is 0 Å². The number of nitrogens with two attached hydrogens (primary N) is 1. The molecular formula is C17H20N2O2. The maximum atomic E-state index is 12.1. The second kappa shape index (κ2) is 7.67. The molecule has 4 heteroatoms. The second-order valence-electron chi connectivity index (χ2n) is 4.85. The van der Waals surface area contributed by atoms with Crippen molar-refractivity contribution in [3.8, 4) is 11.3 Å². The third-order valence-electron chi connectivity index (χ3n) is 3.29. The van der Waals surface area contributed by atoms with Gasteiger partial charge in [-0.3, -0.25) is 9.78 Å². The Hall–Kier alpha value is -2.04. The third kappa shape index (κ3) is 4.21. The molecule has 1 aromatic heterocycles. The molecule has 0 unspecified atom stereocenters. The first kappa shape index (κ1) is 15.4. The predicted molar refractivity (Wildman–Crippen MR) is 83.0 cm³/mol. The Bertz CT molecular complexity index is 611. The third-order valence-corrected chi connectivity index (χ3v) is 3.29. The summed E-state index contributed by atoms with van der Waals surface area (Å²) >= 11 is 0. The molecular weight excluding hydrogens is 264 g/mol. The molecule has 0 bridgehead atoms. The lowest BCUT2D eigenvalue weighted by Gasteiger charge is -2.06. The Balaban J connectivity index is 2.18. The Morgan fingerprint density at radius 3 is 2.90 bits per heavy atom. The molecule has 0 saturated carbocycles. The lowest BCUT2D eigenvalue weighted by atomic mass is 10.0. The average Bonchev–Trinajstić information content (AvgIpc) is 2.55. The fraction of sp³-hybridized carbons (Fsp3) is 0.294. The van der Waals surface area contributed by atoms with Crippen LogP contribution in [0.4, 0.5) is 0 Å². The van der Waals surface area contributed by atoms with Gasteiger partial charge in [0.25, 0.3) is 0 Å². The summed E-state index contributed by atoms with van der Waals surface area (Å²) in [6.07, 6.45) is 2.97. The van der Waals surface area contributed by atoms with Gasteiger partial charge in [-0.25, -0.2) is 0 Å². The standard InChI is InChI=1S/C17H20N2O2/c1-21-9-3-6-17(20)15-5-2-4-14(11-15)16-10-13(12-18)7-8-19-16/h2,4-5,7-8,10-11H,3,6,9,12,18H2,1H3. The van der Waals surface area contributed by atoms with Crippen molar-refractivity contribution in [1.29, 1.82) is 0 Å². The van der Waals surface area contributed by atoms with Crippen molar-refractivity contribution in [2.75, 3.05) is 13.7 Å². The van der Waals surface area contributed by atoms with Crippen LogP contribution in [0.1, 0.15) is 28.8 Å². The van der Waals surface area contributed by atoms with Gasteiger partial charge in [0.2, 0.25) is 0 Å². The molecule has 0 saturated heterocycles. The van der Waals surface area contributed by atoms with Gasteiger partial charge in [0, 0.05) is 44.0 Å². The number of hydrogen-bond donors (Lipinski definition) is 1. The number of pyridine rings is 1. The Morgan fingerprint density at radius 1 is 1.29 bits per heavy atom. The van der Waals surface area contributed by atoms with Gasteiger partial charge in [0.15, 0.2) is 5.78 Å². The van der Waals surface area contributed by atoms with E-state index in [1.807, 2.05) is 36.4 Å². The highest BCUT2D eigenvalue weighted by molar-refractivity contribution is 5.97. The molecule has 0 fully saturated rings. The minimum atomic E-state index is 0.129. The summed E-state index contributed by atoms with van der Waals surface area (Å²) < 4.78 is 4.97. The zero-order chi connectivity index (χ0) is 15.1. The van der Waals surface area contributed by atoms with Crippen LogP contribution in [0.3, 0.4) is 0 Å². The van der Waals surface area contributed by atoms with Gasteiger partial charge < -0.3 is 10.5 Å². The number of Topliss-reactive ketones (excluding diaryl/α,β-unsaturated/α-hetero) is 1. The molecule has 2 aromatic rings. The molecule has 0 radical (unpaired) electrons. The van der Waals surface area contributed by atoms with Crippen LogP contribution in [0, 0.1) is 0 Å². The Morgan fingerprint density at radius 2 is 2.14 bits per heavy atom. The van der Waals surface area contributed by atoms with Crippen molar-refractivity contribution in [2.24, 2.45) is 5.73 Å². The van der Waals surface area contributed by atoms with Gasteiger partial charge in [-0.1, -0.05) is 18.2 Å². The lowest BCUT2D eigenvalue weighted by molar-refractivity contribution is 0.0963. The van der Waals surface area contributed by atoms with Crippen molar-refractivity contribution in [1.82, 2.24) is 4.98 Å². The molecule has 0 aliphatic carbocycles. The van der Waals surface area contributed by atoms with Crippen LogP contribution in [-0.2, 0) is 11.3 Å². The zero-order valence-electron chi connectivity index (χ0n) is 12.2. The number of carbonyl (C=O) groups excluding carboxylic acids is 1. The van der Waals surface area contributed by atoms with Gasteiger partial charge in [0.05, 0.1) is 5.69 Å². The molecule has 110 valence electrons. The van der Waals surface area contributed by atoms with Gasteiger partial charge in [-0.05, 0) is 30.2 Å². The Labute approximate surface area is 125 Å². The van der Waals surface area contributed by atoms with Gasteiger partial charge in [0.1, 0.15) is 0 Å². The fourth-order valence-electron chi connectivity index (χ4n) is 2.13. The number of hydrogen-bond acceptors (Lipinski definition) is 4. The summed E-state index contributed by atoms with van der Waals surface area (Å²) in [5.74, 6) is 0.129. The molecule has 2 rings (SSSR count).